The van der Waals surface area contributed by atoms with E-state index < -0.39 is 29.3 Å². The highest BCUT2D eigenvalue weighted by molar-refractivity contribution is 5.30. The first-order valence-electron chi connectivity index (χ1n) is 6.40. The molecule has 1 aliphatic rings. The van der Waals surface area contributed by atoms with E-state index in [1.165, 1.54) is 13.2 Å². The molecule has 112 valence electrons. The van der Waals surface area contributed by atoms with E-state index in [0.717, 1.165) is 18.9 Å². The van der Waals surface area contributed by atoms with Crippen LogP contribution in [0.2, 0.25) is 0 Å². The molecule has 0 aromatic heterocycles. The summed E-state index contributed by atoms with van der Waals surface area (Å²) in [5.74, 6) is -1.34. The molecular formula is C14H16F4O2. The number of methoxy groups -OCH3 is 1. The van der Waals surface area contributed by atoms with Crippen LogP contribution in [0.3, 0.4) is 0 Å². The number of aliphatic hydroxyl groups excluding tert-OH is 1. The Morgan fingerprint density at radius 3 is 2.35 bits per heavy atom. The molecule has 0 heterocycles. The standard InChI is InChI=1S/C14H16F4O2/c1-20-13(6-2-3-7-13)12(19)9-4-5-11(15)10(8-9)14(16,17)18/h4-5,8,12,19H,2-3,6-7H2,1H3. The topological polar surface area (TPSA) is 29.5 Å². The summed E-state index contributed by atoms with van der Waals surface area (Å²) in [4.78, 5) is 0. The van der Waals surface area contributed by atoms with Crippen LogP contribution in [0, 0.1) is 5.82 Å². The quantitative estimate of drug-likeness (QED) is 0.858. The summed E-state index contributed by atoms with van der Waals surface area (Å²) in [6.07, 6.45) is -3.14. The SMILES string of the molecule is COC1(C(O)c2ccc(F)c(C(F)(F)F)c2)CCCC1. The lowest BCUT2D eigenvalue weighted by Crippen LogP contribution is -2.35. The van der Waals surface area contributed by atoms with Gasteiger partial charge < -0.3 is 9.84 Å². The average Bonchev–Trinajstić information content (AvgIpc) is 2.87. The summed E-state index contributed by atoms with van der Waals surface area (Å²) >= 11 is 0. The van der Waals surface area contributed by atoms with Crippen molar-refractivity contribution in [3.8, 4) is 0 Å². The van der Waals surface area contributed by atoms with Gasteiger partial charge in [-0.1, -0.05) is 18.9 Å². The van der Waals surface area contributed by atoms with Crippen LogP contribution >= 0.6 is 0 Å². The lowest BCUT2D eigenvalue weighted by atomic mass is 9.88. The van der Waals surface area contributed by atoms with Gasteiger partial charge in [0.05, 0.1) is 11.2 Å². The number of ether oxygens (including phenoxy) is 1. The van der Waals surface area contributed by atoms with Gasteiger partial charge in [-0.15, -0.1) is 0 Å². The number of halogens is 4. The minimum absolute atomic E-state index is 0.0301. The predicted molar refractivity (Wildman–Crippen MR) is 64.6 cm³/mol. The van der Waals surface area contributed by atoms with E-state index in [0.29, 0.717) is 18.9 Å². The van der Waals surface area contributed by atoms with Crippen molar-refractivity contribution in [2.24, 2.45) is 0 Å². The maximum atomic E-state index is 13.3. The van der Waals surface area contributed by atoms with Crippen LogP contribution < -0.4 is 0 Å². The lowest BCUT2D eigenvalue weighted by molar-refractivity contribution is -0.140. The maximum Gasteiger partial charge on any atom is 0.419 e. The third-order valence-corrected chi connectivity index (χ3v) is 3.97. The number of rotatable bonds is 3. The van der Waals surface area contributed by atoms with Crippen molar-refractivity contribution in [2.75, 3.05) is 7.11 Å². The molecule has 1 aliphatic carbocycles. The summed E-state index contributed by atoms with van der Waals surface area (Å²) in [7, 11) is 1.43. The lowest BCUT2D eigenvalue weighted by Gasteiger charge is -2.33. The van der Waals surface area contributed by atoms with E-state index in [1.54, 1.807) is 0 Å². The molecule has 1 unspecified atom stereocenters. The summed E-state index contributed by atoms with van der Waals surface area (Å²) in [6, 6.07) is 2.58. The van der Waals surface area contributed by atoms with Crippen molar-refractivity contribution in [2.45, 2.75) is 43.6 Å². The third-order valence-electron chi connectivity index (χ3n) is 3.97. The van der Waals surface area contributed by atoms with Gasteiger partial charge in [-0.2, -0.15) is 13.2 Å². The molecule has 1 aromatic rings. The molecule has 6 heteroatoms. The minimum Gasteiger partial charge on any atom is -0.385 e. The molecule has 1 aromatic carbocycles. The zero-order chi connectivity index (χ0) is 15.0. The van der Waals surface area contributed by atoms with E-state index in [-0.39, 0.29) is 5.56 Å². The molecule has 0 saturated heterocycles. The molecule has 1 atom stereocenters. The van der Waals surface area contributed by atoms with Gasteiger partial charge in [0.15, 0.2) is 0 Å². The number of benzene rings is 1. The Balaban J connectivity index is 2.38. The van der Waals surface area contributed by atoms with Crippen LogP contribution in [0.4, 0.5) is 17.6 Å². The molecule has 0 amide bonds. The zero-order valence-corrected chi connectivity index (χ0v) is 11.0. The first-order valence-corrected chi connectivity index (χ1v) is 6.40. The fraction of sp³-hybridized carbons (Fsp3) is 0.571. The number of alkyl halides is 3. The van der Waals surface area contributed by atoms with Gasteiger partial charge in [-0.25, -0.2) is 4.39 Å². The number of hydrogen-bond acceptors (Lipinski definition) is 2. The second-order valence-corrected chi connectivity index (χ2v) is 5.12. The van der Waals surface area contributed by atoms with Gasteiger partial charge >= 0.3 is 6.18 Å². The highest BCUT2D eigenvalue weighted by Gasteiger charge is 2.43. The van der Waals surface area contributed by atoms with Crippen molar-refractivity contribution in [3.05, 3.63) is 35.1 Å². The Kier molecular flexibility index (Phi) is 4.07. The van der Waals surface area contributed by atoms with Crippen LogP contribution in [0.5, 0.6) is 0 Å². The molecule has 1 fully saturated rings. The Labute approximate surface area is 114 Å². The fourth-order valence-corrected chi connectivity index (χ4v) is 2.80. The van der Waals surface area contributed by atoms with Gasteiger partial charge in [0.1, 0.15) is 11.9 Å². The highest BCUT2D eigenvalue weighted by Crippen LogP contribution is 2.43. The van der Waals surface area contributed by atoms with Gasteiger partial charge in [0.25, 0.3) is 0 Å². The summed E-state index contributed by atoms with van der Waals surface area (Å²) in [5, 5.41) is 10.3. The normalized spacial score (nSPS) is 20.1. The van der Waals surface area contributed by atoms with Crippen molar-refractivity contribution in [1.29, 1.82) is 0 Å². The molecule has 1 saturated carbocycles. The predicted octanol–water partition coefficient (Wildman–Crippen LogP) is 3.84. The van der Waals surface area contributed by atoms with Crippen molar-refractivity contribution in [1.82, 2.24) is 0 Å². The average molecular weight is 292 g/mol. The third kappa shape index (κ3) is 2.67. The number of hydrogen-bond donors (Lipinski definition) is 1. The van der Waals surface area contributed by atoms with Crippen LogP contribution in [0.15, 0.2) is 18.2 Å². The summed E-state index contributed by atoms with van der Waals surface area (Å²) in [6.45, 7) is 0. The Hall–Kier alpha value is -1.14. The van der Waals surface area contributed by atoms with E-state index in [4.69, 9.17) is 4.74 Å². The molecule has 0 aliphatic heterocycles. The first-order chi connectivity index (χ1) is 9.30. The largest absolute Gasteiger partial charge is 0.419 e. The van der Waals surface area contributed by atoms with Crippen LogP contribution in [-0.2, 0) is 10.9 Å². The van der Waals surface area contributed by atoms with Crippen LogP contribution in [0.1, 0.15) is 42.9 Å². The summed E-state index contributed by atoms with van der Waals surface area (Å²) < 4.78 is 56.7. The van der Waals surface area contributed by atoms with Crippen LogP contribution in [0.25, 0.3) is 0 Å². The van der Waals surface area contributed by atoms with Gasteiger partial charge in [0.2, 0.25) is 0 Å². The van der Waals surface area contributed by atoms with E-state index >= 15 is 0 Å². The Morgan fingerprint density at radius 2 is 1.85 bits per heavy atom. The molecule has 2 rings (SSSR count). The highest BCUT2D eigenvalue weighted by atomic mass is 19.4. The molecular weight excluding hydrogens is 276 g/mol. The minimum atomic E-state index is -4.78. The van der Waals surface area contributed by atoms with Crippen molar-refractivity contribution in [3.63, 3.8) is 0 Å². The first kappa shape index (κ1) is 15.3. The molecule has 0 spiro atoms. The molecule has 0 radical (unpaired) electrons. The van der Waals surface area contributed by atoms with Gasteiger partial charge in [0, 0.05) is 7.11 Å². The molecule has 2 nitrogen and oxygen atoms in total. The van der Waals surface area contributed by atoms with Crippen LogP contribution in [-0.4, -0.2) is 17.8 Å². The molecule has 0 bridgehead atoms. The molecule has 1 N–H and O–H groups in total. The fourth-order valence-electron chi connectivity index (χ4n) is 2.80. The van der Waals surface area contributed by atoms with E-state index in [2.05, 4.69) is 0 Å². The summed E-state index contributed by atoms with van der Waals surface area (Å²) in [5.41, 5.74) is -2.21. The second kappa shape index (κ2) is 5.33. The molecule has 20 heavy (non-hydrogen) atoms. The van der Waals surface area contributed by atoms with Gasteiger partial charge in [-0.05, 0) is 30.5 Å². The van der Waals surface area contributed by atoms with E-state index in [9.17, 15) is 22.7 Å². The zero-order valence-electron chi connectivity index (χ0n) is 11.0. The Morgan fingerprint density at radius 1 is 1.25 bits per heavy atom. The van der Waals surface area contributed by atoms with E-state index in [1.807, 2.05) is 0 Å². The maximum absolute atomic E-state index is 13.3. The number of aliphatic hydroxyl groups is 1. The van der Waals surface area contributed by atoms with Crippen molar-refractivity contribution >= 4 is 0 Å². The Bertz CT molecular complexity index is 479. The smallest absolute Gasteiger partial charge is 0.385 e. The monoisotopic (exact) mass is 292 g/mol. The van der Waals surface area contributed by atoms with Gasteiger partial charge in [-0.3, -0.25) is 0 Å². The second-order valence-electron chi connectivity index (χ2n) is 5.12. The van der Waals surface area contributed by atoms with Crippen molar-refractivity contribution < 1.29 is 27.4 Å².